The molecular formula is C22H30N2O6. The van der Waals surface area contributed by atoms with Crippen molar-refractivity contribution in [3.63, 3.8) is 0 Å². The molecule has 2 unspecified atom stereocenters. The number of rotatable bonds is 3. The van der Waals surface area contributed by atoms with Crippen LogP contribution in [0.15, 0.2) is 30.3 Å². The van der Waals surface area contributed by atoms with E-state index in [0.717, 1.165) is 31.4 Å². The number of carbonyl (C=O) groups is 4. The summed E-state index contributed by atoms with van der Waals surface area (Å²) in [5.41, 5.74) is 0.846. The molecule has 3 rings (SSSR count). The fourth-order valence-corrected chi connectivity index (χ4v) is 3.57. The van der Waals surface area contributed by atoms with Crippen LogP contribution in [0.4, 0.5) is 5.69 Å². The number of hydrogen-bond acceptors (Lipinski definition) is 6. The van der Waals surface area contributed by atoms with Gasteiger partial charge in [0.05, 0.1) is 14.2 Å². The molecule has 2 aliphatic heterocycles. The van der Waals surface area contributed by atoms with Crippen LogP contribution in [0.25, 0.3) is 0 Å². The number of carbonyl (C=O) groups excluding carboxylic acids is 4. The standard InChI is InChI=1S/C14H17NO3.C8H13NO3/c1-18-14(17)12-9-5-6-10-15(13(12)16)11-7-3-2-4-8-11;1-12-8(11)6-4-2-3-5-9-7(6)10/h2-4,7-8,12H,5-6,9-10H2,1H3;6H,2-5H2,1H3,(H,9,10). The second-order valence-corrected chi connectivity index (χ2v) is 7.26. The summed E-state index contributed by atoms with van der Waals surface area (Å²) >= 11 is 0. The minimum Gasteiger partial charge on any atom is -0.468 e. The van der Waals surface area contributed by atoms with E-state index in [4.69, 9.17) is 4.74 Å². The first kappa shape index (κ1) is 23.4. The summed E-state index contributed by atoms with van der Waals surface area (Å²) in [7, 11) is 2.63. The van der Waals surface area contributed by atoms with Gasteiger partial charge in [0.2, 0.25) is 11.8 Å². The molecule has 8 heteroatoms. The molecule has 2 fully saturated rings. The van der Waals surface area contributed by atoms with Crippen molar-refractivity contribution in [3.05, 3.63) is 30.3 Å². The van der Waals surface area contributed by atoms with Gasteiger partial charge in [0.25, 0.3) is 0 Å². The third kappa shape index (κ3) is 6.30. The van der Waals surface area contributed by atoms with E-state index in [1.54, 1.807) is 4.90 Å². The van der Waals surface area contributed by atoms with Gasteiger partial charge in [0.15, 0.2) is 0 Å². The lowest BCUT2D eigenvalue weighted by Crippen LogP contribution is -2.38. The summed E-state index contributed by atoms with van der Waals surface area (Å²) in [4.78, 5) is 47.9. The Morgan fingerprint density at radius 1 is 0.900 bits per heavy atom. The van der Waals surface area contributed by atoms with Crippen molar-refractivity contribution >= 4 is 29.4 Å². The largest absolute Gasteiger partial charge is 0.468 e. The van der Waals surface area contributed by atoms with Gasteiger partial charge in [-0.05, 0) is 37.8 Å². The monoisotopic (exact) mass is 418 g/mol. The maximum Gasteiger partial charge on any atom is 0.318 e. The van der Waals surface area contributed by atoms with Crippen molar-refractivity contribution in [2.24, 2.45) is 11.8 Å². The van der Waals surface area contributed by atoms with Gasteiger partial charge in [-0.15, -0.1) is 0 Å². The molecule has 2 heterocycles. The Morgan fingerprint density at radius 2 is 1.50 bits per heavy atom. The number of anilines is 1. The highest BCUT2D eigenvalue weighted by Gasteiger charge is 2.33. The van der Waals surface area contributed by atoms with Gasteiger partial charge >= 0.3 is 11.9 Å². The number of nitrogens with zero attached hydrogens (tertiary/aromatic N) is 1. The molecule has 0 bridgehead atoms. The number of methoxy groups -OCH3 is 2. The Kier molecular flexibility index (Phi) is 9.31. The minimum absolute atomic E-state index is 0.148. The Morgan fingerprint density at radius 3 is 2.17 bits per heavy atom. The fraction of sp³-hybridized carbons (Fsp3) is 0.545. The molecule has 0 spiro atoms. The number of benzene rings is 1. The smallest absolute Gasteiger partial charge is 0.318 e. The van der Waals surface area contributed by atoms with Crippen LogP contribution in [-0.4, -0.2) is 51.1 Å². The molecular weight excluding hydrogens is 388 g/mol. The summed E-state index contributed by atoms with van der Waals surface area (Å²) in [6.07, 6.45) is 4.81. The Labute approximate surface area is 176 Å². The molecule has 2 aliphatic rings. The molecule has 2 amide bonds. The van der Waals surface area contributed by atoms with E-state index < -0.39 is 23.8 Å². The van der Waals surface area contributed by atoms with E-state index in [0.29, 0.717) is 25.9 Å². The van der Waals surface area contributed by atoms with Crippen molar-refractivity contribution < 1.29 is 28.7 Å². The lowest BCUT2D eigenvalue weighted by molar-refractivity contribution is -0.151. The molecule has 8 nitrogen and oxygen atoms in total. The van der Waals surface area contributed by atoms with Gasteiger partial charge < -0.3 is 19.7 Å². The highest BCUT2D eigenvalue weighted by Crippen LogP contribution is 2.24. The summed E-state index contributed by atoms with van der Waals surface area (Å²) < 4.78 is 9.23. The predicted octanol–water partition coefficient (Wildman–Crippen LogP) is 2.07. The molecule has 0 radical (unpaired) electrons. The predicted molar refractivity (Wildman–Crippen MR) is 111 cm³/mol. The molecule has 164 valence electrons. The van der Waals surface area contributed by atoms with Gasteiger partial charge in [-0.2, -0.15) is 0 Å². The second kappa shape index (κ2) is 11.9. The van der Waals surface area contributed by atoms with Crippen LogP contribution in [0.1, 0.15) is 38.5 Å². The van der Waals surface area contributed by atoms with Crippen LogP contribution in [-0.2, 0) is 28.7 Å². The van der Waals surface area contributed by atoms with Crippen LogP contribution in [0, 0.1) is 11.8 Å². The van der Waals surface area contributed by atoms with Crippen molar-refractivity contribution in [1.29, 1.82) is 0 Å². The van der Waals surface area contributed by atoms with Crippen LogP contribution >= 0.6 is 0 Å². The average Bonchev–Trinajstić information content (AvgIpc) is 3.11. The van der Waals surface area contributed by atoms with Crippen molar-refractivity contribution in [2.45, 2.75) is 38.5 Å². The van der Waals surface area contributed by atoms with Gasteiger partial charge in [0.1, 0.15) is 11.8 Å². The quantitative estimate of drug-likeness (QED) is 0.596. The number of para-hydroxylation sites is 1. The lowest BCUT2D eigenvalue weighted by Gasteiger charge is -2.23. The van der Waals surface area contributed by atoms with Crippen molar-refractivity contribution in [1.82, 2.24) is 5.32 Å². The highest BCUT2D eigenvalue weighted by atomic mass is 16.5. The van der Waals surface area contributed by atoms with E-state index in [2.05, 4.69) is 10.1 Å². The van der Waals surface area contributed by atoms with Crippen LogP contribution < -0.4 is 10.2 Å². The highest BCUT2D eigenvalue weighted by molar-refractivity contribution is 6.06. The van der Waals surface area contributed by atoms with E-state index >= 15 is 0 Å². The maximum atomic E-state index is 12.4. The van der Waals surface area contributed by atoms with Crippen LogP contribution in [0.5, 0.6) is 0 Å². The topological polar surface area (TPSA) is 102 Å². The van der Waals surface area contributed by atoms with Gasteiger partial charge in [-0.25, -0.2) is 0 Å². The second-order valence-electron chi connectivity index (χ2n) is 7.26. The van der Waals surface area contributed by atoms with E-state index in [1.807, 2.05) is 30.3 Å². The molecule has 0 aromatic heterocycles. The first-order chi connectivity index (χ1) is 14.5. The van der Waals surface area contributed by atoms with Crippen LogP contribution in [0.2, 0.25) is 0 Å². The third-order valence-corrected chi connectivity index (χ3v) is 5.26. The summed E-state index contributed by atoms with van der Waals surface area (Å²) in [6.45, 7) is 1.34. The Balaban J connectivity index is 0.000000232. The van der Waals surface area contributed by atoms with Crippen LogP contribution in [0.3, 0.4) is 0 Å². The first-order valence-corrected chi connectivity index (χ1v) is 10.3. The molecule has 1 N–H and O–H groups in total. The zero-order chi connectivity index (χ0) is 21.9. The molecule has 1 aromatic rings. The molecule has 2 atom stereocenters. The average molecular weight is 418 g/mol. The van der Waals surface area contributed by atoms with E-state index in [-0.39, 0.29) is 11.8 Å². The zero-order valence-corrected chi connectivity index (χ0v) is 17.6. The van der Waals surface area contributed by atoms with Gasteiger partial charge in [0, 0.05) is 18.8 Å². The SMILES string of the molecule is COC(=O)C1CCCCN(c2ccccc2)C1=O.COC(=O)C1CCCCNC1=O. The van der Waals surface area contributed by atoms with E-state index in [1.165, 1.54) is 14.2 Å². The third-order valence-electron chi connectivity index (χ3n) is 5.26. The van der Waals surface area contributed by atoms with Gasteiger partial charge in [-0.1, -0.05) is 31.0 Å². The van der Waals surface area contributed by atoms with Crippen molar-refractivity contribution in [2.75, 3.05) is 32.2 Å². The molecule has 0 saturated carbocycles. The molecule has 30 heavy (non-hydrogen) atoms. The molecule has 1 aromatic carbocycles. The fourth-order valence-electron chi connectivity index (χ4n) is 3.57. The number of esters is 2. The molecule has 0 aliphatic carbocycles. The Hall–Kier alpha value is -2.90. The Bertz CT molecular complexity index is 736. The zero-order valence-electron chi connectivity index (χ0n) is 17.6. The van der Waals surface area contributed by atoms with Crippen molar-refractivity contribution in [3.8, 4) is 0 Å². The lowest BCUT2D eigenvalue weighted by atomic mass is 10.0. The molecule has 2 saturated heterocycles. The summed E-state index contributed by atoms with van der Waals surface area (Å²) in [5.74, 6) is -2.43. The van der Waals surface area contributed by atoms with E-state index in [9.17, 15) is 19.2 Å². The van der Waals surface area contributed by atoms with Gasteiger partial charge in [-0.3, -0.25) is 19.2 Å². The summed E-state index contributed by atoms with van der Waals surface area (Å²) in [6, 6.07) is 9.46. The first-order valence-electron chi connectivity index (χ1n) is 10.3. The number of amides is 2. The number of ether oxygens (including phenoxy) is 2. The maximum absolute atomic E-state index is 12.4. The summed E-state index contributed by atoms with van der Waals surface area (Å²) in [5, 5.41) is 2.67. The normalized spacial score (nSPS) is 21.9. The number of hydrogen-bond donors (Lipinski definition) is 1. The number of nitrogens with one attached hydrogen (secondary N) is 1. The minimum atomic E-state index is -0.655.